The SMILES string of the molecule is O=c1ncn(Cc2ccccc2-c2ccncc2)c2ccc(Oc3ncccc3C(F)(F)F)cc12. The molecule has 0 saturated carbocycles. The van der Waals surface area contributed by atoms with Crippen molar-refractivity contribution in [2.24, 2.45) is 0 Å². The standard InChI is InChI=1S/C26H17F3N4O2/c27-26(28,29)22-6-3-11-31-25(22)35-19-7-8-23-21(14-19)24(34)32-16-33(23)15-18-4-1-2-5-20(18)17-9-12-30-13-10-17/h1-14,16H,15H2. The van der Waals surface area contributed by atoms with Crippen LogP contribution in [0.3, 0.4) is 0 Å². The maximum absolute atomic E-state index is 13.3. The van der Waals surface area contributed by atoms with Crippen LogP contribution in [0.2, 0.25) is 0 Å². The molecular weight excluding hydrogens is 457 g/mol. The molecule has 0 radical (unpaired) electrons. The van der Waals surface area contributed by atoms with E-state index in [1.807, 2.05) is 41.0 Å². The lowest BCUT2D eigenvalue weighted by Gasteiger charge is -2.15. The second kappa shape index (κ2) is 9.02. The van der Waals surface area contributed by atoms with Crippen LogP contribution in [0.5, 0.6) is 11.6 Å². The number of hydrogen-bond donors (Lipinski definition) is 0. The molecule has 3 heterocycles. The van der Waals surface area contributed by atoms with Crippen molar-refractivity contribution in [3.05, 3.63) is 113 Å². The highest BCUT2D eigenvalue weighted by Crippen LogP contribution is 2.36. The smallest absolute Gasteiger partial charge is 0.421 e. The van der Waals surface area contributed by atoms with Gasteiger partial charge >= 0.3 is 6.18 Å². The summed E-state index contributed by atoms with van der Waals surface area (Å²) in [6.45, 7) is 0.418. The number of benzene rings is 2. The first-order chi connectivity index (χ1) is 16.9. The molecule has 0 spiro atoms. The molecule has 35 heavy (non-hydrogen) atoms. The van der Waals surface area contributed by atoms with Crippen molar-refractivity contribution in [3.8, 4) is 22.8 Å². The average Bonchev–Trinajstić information content (AvgIpc) is 2.86. The number of aromatic nitrogens is 4. The molecule has 0 bridgehead atoms. The fourth-order valence-electron chi connectivity index (χ4n) is 3.83. The van der Waals surface area contributed by atoms with Crippen LogP contribution in [0.1, 0.15) is 11.1 Å². The number of alkyl halides is 3. The molecular formula is C26H17F3N4O2. The van der Waals surface area contributed by atoms with Crippen LogP contribution in [0.15, 0.2) is 96.4 Å². The lowest BCUT2D eigenvalue weighted by Crippen LogP contribution is -2.13. The van der Waals surface area contributed by atoms with Crippen LogP contribution in [0, 0.1) is 0 Å². The van der Waals surface area contributed by atoms with E-state index in [2.05, 4.69) is 15.0 Å². The van der Waals surface area contributed by atoms with E-state index in [0.29, 0.717) is 12.1 Å². The Morgan fingerprint density at radius 1 is 0.886 bits per heavy atom. The molecule has 3 aromatic heterocycles. The third kappa shape index (κ3) is 4.61. The van der Waals surface area contributed by atoms with Gasteiger partial charge in [-0.1, -0.05) is 24.3 Å². The number of ether oxygens (including phenoxy) is 1. The van der Waals surface area contributed by atoms with Gasteiger partial charge in [0.05, 0.1) is 17.2 Å². The van der Waals surface area contributed by atoms with E-state index >= 15 is 0 Å². The van der Waals surface area contributed by atoms with Gasteiger partial charge in [0.1, 0.15) is 11.3 Å². The second-order valence-electron chi connectivity index (χ2n) is 7.71. The summed E-state index contributed by atoms with van der Waals surface area (Å²) >= 11 is 0. The Balaban J connectivity index is 1.52. The van der Waals surface area contributed by atoms with Gasteiger partial charge in [0.25, 0.3) is 5.56 Å². The predicted octanol–water partition coefficient (Wildman–Crippen LogP) is 5.71. The molecule has 174 valence electrons. The van der Waals surface area contributed by atoms with Crippen molar-refractivity contribution < 1.29 is 17.9 Å². The molecule has 0 atom stereocenters. The highest BCUT2D eigenvalue weighted by molar-refractivity contribution is 5.80. The van der Waals surface area contributed by atoms with Crippen LogP contribution < -0.4 is 10.3 Å². The lowest BCUT2D eigenvalue weighted by molar-refractivity contribution is -0.138. The summed E-state index contributed by atoms with van der Waals surface area (Å²) in [7, 11) is 0. The van der Waals surface area contributed by atoms with Crippen molar-refractivity contribution in [1.82, 2.24) is 19.5 Å². The number of pyridine rings is 2. The molecule has 0 amide bonds. The molecule has 0 saturated heterocycles. The number of fused-ring (bicyclic) bond motifs is 1. The van der Waals surface area contributed by atoms with Gasteiger partial charge < -0.3 is 9.30 Å². The van der Waals surface area contributed by atoms with E-state index in [1.54, 1.807) is 18.5 Å². The van der Waals surface area contributed by atoms with Gasteiger partial charge in [0.2, 0.25) is 5.88 Å². The van der Waals surface area contributed by atoms with Gasteiger partial charge in [-0.2, -0.15) is 18.2 Å². The minimum Gasteiger partial charge on any atom is -0.438 e. The van der Waals surface area contributed by atoms with E-state index < -0.39 is 23.2 Å². The Bertz CT molecular complexity index is 1570. The van der Waals surface area contributed by atoms with Gasteiger partial charge in [-0.25, -0.2) is 4.98 Å². The molecule has 5 aromatic rings. The maximum atomic E-state index is 13.3. The first-order valence-corrected chi connectivity index (χ1v) is 10.6. The average molecular weight is 474 g/mol. The third-order valence-corrected chi connectivity index (χ3v) is 5.46. The van der Waals surface area contributed by atoms with E-state index in [0.717, 1.165) is 22.8 Å². The molecule has 0 aliphatic heterocycles. The van der Waals surface area contributed by atoms with E-state index in [-0.39, 0.29) is 11.1 Å². The molecule has 0 N–H and O–H groups in total. The summed E-state index contributed by atoms with van der Waals surface area (Å²) in [4.78, 5) is 24.2. The van der Waals surface area contributed by atoms with Gasteiger partial charge in [0.15, 0.2) is 0 Å². The summed E-state index contributed by atoms with van der Waals surface area (Å²) in [5, 5.41) is 0.218. The molecule has 0 unspecified atom stereocenters. The molecule has 5 rings (SSSR count). The zero-order valence-corrected chi connectivity index (χ0v) is 18.1. The Morgan fingerprint density at radius 3 is 2.49 bits per heavy atom. The summed E-state index contributed by atoms with van der Waals surface area (Å²) in [5.41, 5.74) is 2.06. The van der Waals surface area contributed by atoms with Gasteiger partial charge in [-0.15, -0.1) is 0 Å². The summed E-state index contributed by atoms with van der Waals surface area (Å²) in [6.07, 6.45) is 1.47. The fourth-order valence-corrected chi connectivity index (χ4v) is 3.83. The first kappa shape index (κ1) is 22.3. The predicted molar refractivity (Wildman–Crippen MR) is 124 cm³/mol. The quantitative estimate of drug-likeness (QED) is 0.326. The molecule has 9 heteroatoms. The summed E-state index contributed by atoms with van der Waals surface area (Å²) < 4.78 is 47.1. The van der Waals surface area contributed by atoms with E-state index in [9.17, 15) is 18.0 Å². The topological polar surface area (TPSA) is 69.9 Å². The van der Waals surface area contributed by atoms with E-state index in [1.165, 1.54) is 30.7 Å². The van der Waals surface area contributed by atoms with Crippen molar-refractivity contribution >= 4 is 10.9 Å². The van der Waals surface area contributed by atoms with Crippen LogP contribution >= 0.6 is 0 Å². The van der Waals surface area contributed by atoms with E-state index in [4.69, 9.17) is 4.74 Å². The molecule has 0 aliphatic carbocycles. The second-order valence-corrected chi connectivity index (χ2v) is 7.71. The lowest BCUT2D eigenvalue weighted by atomic mass is 10.0. The zero-order chi connectivity index (χ0) is 24.4. The van der Waals surface area contributed by atoms with Crippen molar-refractivity contribution in [1.29, 1.82) is 0 Å². The van der Waals surface area contributed by atoms with Crippen molar-refractivity contribution in [2.75, 3.05) is 0 Å². The van der Waals surface area contributed by atoms with Gasteiger partial charge in [-0.3, -0.25) is 9.78 Å². The maximum Gasteiger partial charge on any atom is 0.421 e. The Morgan fingerprint density at radius 2 is 1.69 bits per heavy atom. The number of hydrogen-bond acceptors (Lipinski definition) is 5. The number of rotatable bonds is 5. The van der Waals surface area contributed by atoms with Crippen molar-refractivity contribution in [3.63, 3.8) is 0 Å². The highest BCUT2D eigenvalue weighted by atomic mass is 19.4. The van der Waals surface area contributed by atoms with Gasteiger partial charge in [0, 0.05) is 25.1 Å². The summed E-state index contributed by atoms with van der Waals surface area (Å²) in [6, 6.07) is 18.3. The Kier molecular flexibility index (Phi) is 5.74. The normalized spacial score (nSPS) is 11.5. The first-order valence-electron chi connectivity index (χ1n) is 10.6. The molecule has 2 aromatic carbocycles. The highest BCUT2D eigenvalue weighted by Gasteiger charge is 2.35. The monoisotopic (exact) mass is 474 g/mol. The molecule has 6 nitrogen and oxygen atoms in total. The van der Waals surface area contributed by atoms with Crippen LogP contribution in [-0.4, -0.2) is 19.5 Å². The number of halogens is 3. The molecule has 0 fully saturated rings. The third-order valence-electron chi connectivity index (χ3n) is 5.46. The van der Waals surface area contributed by atoms with Crippen LogP contribution in [-0.2, 0) is 12.7 Å². The minimum atomic E-state index is -4.63. The van der Waals surface area contributed by atoms with Crippen LogP contribution in [0.25, 0.3) is 22.0 Å². The van der Waals surface area contributed by atoms with Crippen LogP contribution in [0.4, 0.5) is 13.2 Å². The fraction of sp³-hybridized carbons (Fsp3) is 0.0769. The zero-order valence-electron chi connectivity index (χ0n) is 18.1. The largest absolute Gasteiger partial charge is 0.438 e. The Hall–Kier alpha value is -4.53. The number of nitrogens with zero attached hydrogens (tertiary/aromatic N) is 4. The summed E-state index contributed by atoms with van der Waals surface area (Å²) in [5.74, 6) is -0.537. The molecule has 0 aliphatic rings. The van der Waals surface area contributed by atoms with Crippen molar-refractivity contribution in [2.45, 2.75) is 12.7 Å². The Labute approximate surface area is 197 Å². The minimum absolute atomic E-state index is 0.0514. The van der Waals surface area contributed by atoms with Gasteiger partial charge in [-0.05, 0) is 59.2 Å².